The molecular formula is C19H22N4O2. The van der Waals surface area contributed by atoms with Gasteiger partial charge in [-0.05, 0) is 39.3 Å². The van der Waals surface area contributed by atoms with Gasteiger partial charge in [-0.25, -0.2) is 9.78 Å². The SMILES string of the molecule is Cc1ccc(-c2cn3c(n2)CN(C(=O)OC(C)(C)C)CC3)cc1C#N. The van der Waals surface area contributed by atoms with Gasteiger partial charge in [0.25, 0.3) is 0 Å². The average molecular weight is 338 g/mol. The Kier molecular flexibility index (Phi) is 4.25. The Morgan fingerprint density at radius 2 is 2.08 bits per heavy atom. The summed E-state index contributed by atoms with van der Waals surface area (Å²) < 4.78 is 7.50. The van der Waals surface area contributed by atoms with Crippen LogP contribution in [0.15, 0.2) is 24.4 Å². The van der Waals surface area contributed by atoms with E-state index >= 15 is 0 Å². The number of hydrogen-bond acceptors (Lipinski definition) is 4. The molecule has 0 aliphatic carbocycles. The minimum atomic E-state index is -0.509. The topological polar surface area (TPSA) is 71.2 Å². The summed E-state index contributed by atoms with van der Waals surface area (Å²) in [6.07, 6.45) is 1.67. The lowest BCUT2D eigenvalue weighted by Crippen LogP contribution is -2.41. The summed E-state index contributed by atoms with van der Waals surface area (Å²) in [5.41, 5.74) is 2.82. The second-order valence-electron chi connectivity index (χ2n) is 7.28. The monoisotopic (exact) mass is 338 g/mol. The molecule has 0 saturated heterocycles. The van der Waals surface area contributed by atoms with Crippen LogP contribution in [0.3, 0.4) is 0 Å². The van der Waals surface area contributed by atoms with E-state index in [-0.39, 0.29) is 6.09 Å². The Morgan fingerprint density at radius 1 is 1.32 bits per heavy atom. The van der Waals surface area contributed by atoms with E-state index in [9.17, 15) is 10.1 Å². The van der Waals surface area contributed by atoms with E-state index < -0.39 is 5.60 Å². The number of nitriles is 1. The van der Waals surface area contributed by atoms with Crippen LogP contribution in [0.1, 0.15) is 37.7 Å². The van der Waals surface area contributed by atoms with Gasteiger partial charge in [-0.3, -0.25) is 4.90 Å². The molecule has 0 fully saturated rings. The van der Waals surface area contributed by atoms with E-state index in [1.807, 2.05) is 52.1 Å². The number of aromatic nitrogens is 2. The number of rotatable bonds is 1. The second-order valence-corrected chi connectivity index (χ2v) is 7.28. The maximum atomic E-state index is 12.3. The number of nitrogens with zero attached hydrogens (tertiary/aromatic N) is 4. The molecule has 0 atom stereocenters. The predicted molar refractivity (Wildman–Crippen MR) is 93.8 cm³/mol. The van der Waals surface area contributed by atoms with Crippen molar-refractivity contribution in [2.24, 2.45) is 0 Å². The summed E-state index contributed by atoms with van der Waals surface area (Å²) in [6.45, 7) is 9.19. The van der Waals surface area contributed by atoms with Crippen LogP contribution in [0.25, 0.3) is 11.3 Å². The van der Waals surface area contributed by atoms with Crippen molar-refractivity contribution in [1.29, 1.82) is 5.26 Å². The molecule has 0 unspecified atom stereocenters. The zero-order chi connectivity index (χ0) is 18.2. The van der Waals surface area contributed by atoms with Crippen LogP contribution in [-0.4, -0.2) is 32.7 Å². The number of ether oxygens (including phenoxy) is 1. The lowest BCUT2D eigenvalue weighted by molar-refractivity contribution is 0.0195. The number of benzene rings is 1. The van der Waals surface area contributed by atoms with Gasteiger partial charge < -0.3 is 9.30 Å². The van der Waals surface area contributed by atoms with Crippen molar-refractivity contribution in [3.63, 3.8) is 0 Å². The van der Waals surface area contributed by atoms with Gasteiger partial charge in [0.15, 0.2) is 0 Å². The fourth-order valence-electron chi connectivity index (χ4n) is 2.78. The Hall–Kier alpha value is -2.81. The van der Waals surface area contributed by atoms with Crippen molar-refractivity contribution in [3.05, 3.63) is 41.3 Å². The molecule has 2 aromatic rings. The van der Waals surface area contributed by atoms with Crippen molar-refractivity contribution in [1.82, 2.24) is 14.5 Å². The molecule has 2 heterocycles. The first-order chi connectivity index (χ1) is 11.8. The maximum Gasteiger partial charge on any atom is 0.410 e. The third-order valence-corrected chi connectivity index (χ3v) is 4.11. The van der Waals surface area contributed by atoms with E-state index in [1.165, 1.54) is 0 Å². The van der Waals surface area contributed by atoms with Gasteiger partial charge in [-0.2, -0.15) is 5.26 Å². The van der Waals surface area contributed by atoms with Crippen molar-refractivity contribution in [2.45, 2.75) is 46.4 Å². The highest BCUT2D eigenvalue weighted by Crippen LogP contribution is 2.24. The van der Waals surface area contributed by atoms with Gasteiger partial charge in [0.1, 0.15) is 11.4 Å². The van der Waals surface area contributed by atoms with Crippen LogP contribution in [0.2, 0.25) is 0 Å². The number of amides is 1. The van der Waals surface area contributed by atoms with Crippen LogP contribution in [0.4, 0.5) is 4.79 Å². The van der Waals surface area contributed by atoms with Crippen molar-refractivity contribution >= 4 is 6.09 Å². The number of fused-ring (bicyclic) bond motifs is 1. The van der Waals surface area contributed by atoms with Crippen molar-refractivity contribution in [2.75, 3.05) is 6.54 Å². The third-order valence-electron chi connectivity index (χ3n) is 4.11. The van der Waals surface area contributed by atoms with E-state index in [0.717, 1.165) is 22.6 Å². The minimum absolute atomic E-state index is 0.314. The molecule has 1 aromatic carbocycles. The van der Waals surface area contributed by atoms with E-state index in [0.29, 0.717) is 25.2 Å². The first kappa shape index (κ1) is 17.0. The quantitative estimate of drug-likeness (QED) is 0.798. The van der Waals surface area contributed by atoms with Gasteiger partial charge >= 0.3 is 6.09 Å². The summed E-state index contributed by atoms with van der Waals surface area (Å²) in [5, 5.41) is 9.21. The van der Waals surface area contributed by atoms with E-state index in [4.69, 9.17) is 4.74 Å². The van der Waals surface area contributed by atoms with Crippen molar-refractivity contribution in [3.8, 4) is 17.3 Å². The molecule has 3 rings (SSSR count). The molecule has 1 aliphatic rings. The standard InChI is InChI=1S/C19H22N4O2/c1-13-5-6-14(9-15(13)10-20)16-11-22-7-8-23(12-17(22)21-16)18(24)25-19(2,3)4/h5-6,9,11H,7-8,12H2,1-4H3. The fourth-order valence-corrected chi connectivity index (χ4v) is 2.78. The molecule has 0 spiro atoms. The lowest BCUT2D eigenvalue weighted by Gasteiger charge is -2.30. The summed E-state index contributed by atoms with van der Waals surface area (Å²) >= 11 is 0. The molecule has 1 aliphatic heterocycles. The lowest BCUT2D eigenvalue weighted by atomic mass is 10.0. The van der Waals surface area contributed by atoms with Crippen LogP contribution in [0, 0.1) is 18.3 Å². The molecular weight excluding hydrogens is 316 g/mol. The molecule has 1 amide bonds. The number of imidazole rings is 1. The smallest absolute Gasteiger partial charge is 0.410 e. The maximum absolute atomic E-state index is 12.3. The Bertz CT molecular complexity index is 855. The second kappa shape index (κ2) is 6.25. The molecule has 1 aromatic heterocycles. The van der Waals surface area contributed by atoms with Gasteiger partial charge in [0.05, 0.1) is 23.9 Å². The number of hydrogen-bond donors (Lipinski definition) is 0. The zero-order valence-electron chi connectivity index (χ0n) is 15.0. The van der Waals surface area contributed by atoms with E-state index in [2.05, 4.69) is 15.6 Å². The average Bonchev–Trinajstić information content (AvgIpc) is 2.96. The molecule has 0 N–H and O–H groups in total. The molecule has 6 nitrogen and oxygen atoms in total. The predicted octanol–water partition coefficient (Wildman–Crippen LogP) is 3.48. The molecule has 25 heavy (non-hydrogen) atoms. The molecule has 130 valence electrons. The van der Waals surface area contributed by atoms with Gasteiger partial charge in [-0.15, -0.1) is 0 Å². The fraction of sp³-hybridized carbons (Fsp3) is 0.421. The summed E-state index contributed by atoms with van der Waals surface area (Å²) in [4.78, 5) is 18.6. The third kappa shape index (κ3) is 3.66. The largest absolute Gasteiger partial charge is 0.444 e. The first-order valence-electron chi connectivity index (χ1n) is 8.32. The number of carbonyl (C=O) groups is 1. The normalized spacial score (nSPS) is 14.0. The van der Waals surface area contributed by atoms with Gasteiger partial charge in [0.2, 0.25) is 0 Å². The minimum Gasteiger partial charge on any atom is -0.444 e. The number of aryl methyl sites for hydroxylation is 1. The van der Waals surface area contributed by atoms with E-state index in [1.54, 1.807) is 4.90 Å². The molecule has 6 heteroatoms. The summed E-state index contributed by atoms with van der Waals surface area (Å²) in [6, 6.07) is 7.96. The molecule has 0 bridgehead atoms. The number of carbonyl (C=O) groups excluding carboxylic acids is 1. The molecule has 0 saturated carbocycles. The van der Waals surface area contributed by atoms with Crippen LogP contribution in [0.5, 0.6) is 0 Å². The first-order valence-corrected chi connectivity index (χ1v) is 8.32. The van der Waals surface area contributed by atoms with Gasteiger partial charge in [-0.1, -0.05) is 12.1 Å². The highest BCUT2D eigenvalue weighted by atomic mass is 16.6. The van der Waals surface area contributed by atoms with Crippen LogP contribution >= 0.6 is 0 Å². The summed E-state index contributed by atoms with van der Waals surface area (Å²) in [7, 11) is 0. The molecule has 0 radical (unpaired) electrons. The Balaban J connectivity index is 1.82. The van der Waals surface area contributed by atoms with Crippen molar-refractivity contribution < 1.29 is 9.53 Å². The Morgan fingerprint density at radius 3 is 2.76 bits per heavy atom. The van der Waals surface area contributed by atoms with Gasteiger partial charge in [0, 0.05) is 24.8 Å². The van der Waals surface area contributed by atoms with Crippen LogP contribution in [-0.2, 0) is 17.8 Å². The highest BCUT2D eigenvalue weighted by molar-refractivity contribution is 5.68. The Labute approximate surface area is 147 Å². The highest BCUT2D eigenvalue weighted by Gasteiger charge is 2.27. The zero-order valence-corrected chi connectivity index (χ0v) is 15.0. The summed E-state index contributed by atoms with van der Waals surface area (Å²) in [5.74, 6) is 0.825. The van der Waals surface area contributed by atoms with Crippen LogP contribution < -0.4 is 0 Å².